The Labute approximate surface area is 158 Å². The normalized spacial score (nSPS) is 18.7. The van der Waals surface area contributed by atoms with Gasteiger partial charge in [0.25, 0.3) is 0 Å². The van der Waals surface area contributed by atoms with Gasteiger partial charge in [-0.05, 0) is 64.3 Å². The highest BCUT2D eigenvalue weighted by Crippen LogP contribution is 2.46. The number of anilines is 1. The Morgan fingerprint density at radius 3 is 3.04 bits per heavy atom. The Morgan fingerprint density at radius 2 is 2.32 bits per heavy atom. The van der Waals surface area contributed by atoms with E-state index in [0.29, 0.717) is 18.9 Å². The van der Waals surface area contributed by atoms with Crippen LogP contribution in [0.2, 0.25) is 0 Å². The van der Waals surface area contributed by atoms with E-state index in [1.807, 2.05) is 32.9 Å². The zero-order valence-corrected chi connectivity index (χ0v) is 16.6. The molecular weight excluding hydrogens is 383 g/mol. The minimum atomic E-state index is -0.867. The molecule has 1 aromatic rings. The van der Waals surface area contributed by atoms with Crippen LogP contribution in [0.3, 0.4) is 0 Å². The molecule has 3 rings (SSSR count). The summed E-state index contributed by atoms with van der Waals surface area (Å²) in [7, 11) is 5.14. The van der Waals surface area contributed by atoms with Gasteiger partial charge in [-0.25, -0.2) is 4.79 Å². The lowest BCUT2D eigenvalue weighted by molar-refractivity contribution is 0.0531. The van der Waals surface area contributed by atoms with Crippen LogP contribution < -0.4 is 16.1 Å². The fraction of sp³-hybridized carbons (Fsp3) is 0.467. The van der Waals surface area contributed by atoms with Crippen molar-refractivity contribution in [2.75, 3.05) is 17.6 Å². The fourth-order valence-electron chi connectivity index (χ4n) is 2.45. The van der Waals surface area contributed by atoms with Gasteiger partial charge in [0.1, 0.15) is 9.92 Å². The molecule has 2 aliphatic heterocycles. The Balaban J connectivity index is 1.54. The van der Waals surface area contributed by atoms with Crippen LogP contribution in [-0.4, -0.2) is 40.5 Å². The average Bonchev–Trinajstić information content (AvgIpc) is 3.02. The number of benzene rings is 1. The predicted octanol–water partition coefficient (Wildman–Crippen LogP) is 2.46. The van der Waals surface area contributed by atoms with E-state index in [9.17, 15) is 9.82 Å². The van der Waals surface area contributed by atoms with Gasteiger partial charge in [-0.1, -0.05) is 11.8 Å². The van der Waals surface area contributed by atoms with Crippen LogP contribution in [0.25, 0.3) is 0 Å². The van der Waals surface area contributed by atoms with Gasteiger partial charge < -0.3 is 25.0 Å². The number of hydrogen-bond donors (Lipinski definition) is 3. The Hall–Kier alpha value is -0.865. The molecule has 1 unspecified atom stereocenters. The summed E-state index contributed by atoms with van der Waals surface area (Å²) in [6, 6.07) is 3.90. The van der Waals surface area contributed by atoms with Crippen molar-refractivity contribution < 1.29 is 19.2 Å². The van der Waals surface area contributed by atoms with E-state index in [1.54, 1.807) is 11.8 Å². The average molecular weight is 403 g/mol. The molecule has 1 aromatic carbocycles. The quantitative estimate of drug-likeness (QED) is 0.409. The van der Waals surface area contributed by atoms with Gasteiger partial charge in [0, 0.05) is 17.2 Å². The maximum atomic E-state index is 11.6. The third-order valence-corrected chi connectivity index (χ3v) is 7.51. The molecule has 3 N–H and O–H groups in total. The number of nitrogens with one attached hydrogen (secondary N) is 2. The molecule has 2 heterocycles. The van der Waals surface area contributed by atoms with Crippen LogP contribution in [0.4, 0.5) is 10.5 Å². The minimum Gasteiger partial charge on any atom is -0.444 e. The number of fused-ring (bicyclic) bond motifs is 2. The molecule has 0 bridgehead atoms. The van der Waals surface area contributed by atoms with Gasteiger partial charge in [0.05, 0.1) is 12.3 Å². The van der Waals surface area contributed by atoms with Crippen molar-refractivity contribution in [1.29, 1.82) is 0 Å². The Morgan fingerprint density at radius 1 is 1.56 bits per heavy atom. The molecule has 10 heteroatoms. The topological polar surface area (TPSA) is 79.8 Å². The lowest BCUT2D eigenvalue weighted by Crippen LogP contribution is -2.33. The number of ether oxygens (including phenoxy) is 1. The van der Waals surface area contributed by atoms with Gasteiger partial charge >= 0.3 is 13.2 Å². The number of halogens is 1. The summed E-state index contributed by atoms with van der Waals surface area (Å²) in [5.74, 6) is 0.678. The van der Waals surface area contributed by atoms with Crippen molar-refractivity contribution in [2.45, 2.75) is 37.9 Å². The smallest absolute Gasteiger partial charge is 0.444 e. The van der Waals surface area contributed by atoms with Crippen LogP contribution in [0.5, 0.6) is 0 Å². The van der Waals surface area contributed by atoms with E-state index in [-0.39, 0.29) is 0 Å². The summed E-state index contributed by atoms with van der Waals surface area (Å²) in [5, 5.41) is 15.8. The molecule has 6 nitrogen and oxygen atoms in total. The summed E-state index contributed by atoms with van der Waals surface area (Å²) in [4.78, 5) is 12.6. The Kier molecular flexibility index (Phi) is 5.60. The highest BCUT2D eigenvalue weighted by molar-refractivity contribution is 8.45. The maximum Gasteiger partial charge on any atom is 0.491 e. The third kappa shape index (κ3) is 4.46. The minimum absolute atomic E-state index is 0.403. The lowest BCUT2D eigenvalue weighted by Gasteiger charge is -2.19. The van der Waals surface area contributed by atoms with E-state index in [1.165, 1.54) is 0 Å². The summed E-state index contributed by atoms with van der Waals surface area (Å²) >= 11 is 1.57. The van der Waals surface area contributed by atoms with E-state index >= 15 is 0 Å². The summed E-state index contributed by atoms with van der Waals surface area (Å²) in [6.07, 6.45) is -0.420. The highest BCUT2D eigenvalue weighted by Gasteiger charge is 2.31. The van der Waals surface area contributed by atoms with Crippen molar-refractivity contribution in [1.82, 2.24) is 5.32 Å². The molecule has 2 aliphatic rings. The first-order valence-corrected chi connectivity index (χ1v) is 10.9. The summed E-state index contributed by atoms with van der Waals surface area (Å²) < 4.78 is 11.4. The van der Waals surface area contributed by atoms with Crippen LogP contribution >= 0.6 is 32.1 Å². The van der Waals surface area contributed by atoms with Crippen LogP contribution in [0.1, 0.15) is 26.3 Å². The van der Waals surface area contributed by atoms with Gasteiger partial charge in [0.15, 0.2) is 0 Å². The molecule has 0 aliphatic carbocycles. The third-order valence-electron chi connectivity index (χ3n) is 3.50. The predicted molar refractivity (Wildman–Crippen MR) is 106 cm³/mol. The molecule has 0 radical (unpaired) electrons. The van der Waals surface area contributed by atoms with Crippen molar-refractivity contribution >= 4 is 60.8 Å². The van der Waals surface area contributed by atoms with Crippen molar-refractivity contribution in [2.24, 2.45) is 0 Å². The molecule has 0 saturated carbocycles. The van der Waals surface area contributed by atoms with Gasteiger partial charge in [-0.15, -0.1) is 0 Å². The summed E-state index contributed by atoms with van der Waals surface area (Å²) in [5.41, 5.74) is 2.17. The van der Waals surface area contributed by atoms with Crippen LogP contribution in [0, 0.1) is 0 Å². The highest BCUT2D eigenvalue weighted by atomic mass is 35.7. The van der Waals surface area contributed by atoms with Crippen molar-refractivity contribution in [3.8, 4) is 0 Å². The summed E-state index contributed by atoms with van der Waals surface area (Å²) in [6.45, 7) is 6.37. The van der Waals surface area contributed by atoms with Crippen molar-refractivity contribution in [3.05, 3.63) is 17.7 Å². The van der Waals surface area contributed by atoms with Crippen LogP contribution in [0.15, 0.2) is 17.0 Å². The molecule has 1 amide bonds. The van der Waals surface area contributed by atoms with E-state index in [4.69, 9.17) is 20.1 Å². The van der Waals surface area contributed by atoms with E-state index in [0.717, 1.165) is 25.9 Å². The second-order valence-corrected chi connectivity index (χ2v) is 10.3. The number of carbonyl (C=O) groups is 1. The number of hydrogen-bond acceptors (Lipinski definition) is 6. The second-order valence-electron chi connectivity index (χ2n) is 6.66. The molecule has 0 fully saturated rings. The zero-order chi connectivity index (χ0) is 18.2. The fourth-order valence-corrected chi connectivity index (χ4v) is 5.80. The molecule has 136 valence electrons. The molecule has 25 heavy (non-hydrogen) atoms. The van der Waals surface area contributed by atoms with Gasteiger partial charge in [-0.3, -0.25) is 0 Å². The maximum absolute atomic E-state index is 11.6. The first-order valence-electron chi connectivity index (χ1n) is 7.85. The molecule has 0 spiro atoms. The van der Waals surface area contributed by atoms with E-state index in [2.05, 4.69) is 10.6 Å². The van der Waals surface area contributed by atoms with Gasteiger partial charge in [0.2, 0.25) is 0 Å². The number of thioether (sulfide) groups is 1. The largest absolute Gasteiger partial charge is 0.491 e. The Bertz CT molecular complexity index is 739. The number of alkyl carbamates (subject to hydrolysis) is 1. The molecule has 1 atom stereocenters. The second kappa shape index (κ2) is 7.40. The number of carbonyl (C=O) groups excluding carboxylic acids is 1. The SMILES string of the molecule is CC(C)(C)OC(=O)NCCSC1=S(Cl)c2cc3c(cc2N1)B(O)OC3. The first kappa shape index (κ1) is 18.9. The zero-order valence-electron chi connectivity index (χ0n) is 14.2. The standard InChI is InChI=1S/C15H20BClN2O4S2/c1-15(2,3)23-13(20)18-4-5-24-14-19-11-7-10-9(8-22-16(10)21)6-12(11)25(14)17/h6-7,19,21H,4-5,8H2,1-3H3,(H,18,20). The van der Waals surface area contributed by atoms with Gasteiger partial charge in [-0.2, -0.15) is 0 Å². The lowest BCUT2D eigenvalue weighted by atomic mass is 9.79. The molecule has 0 aromatic heterocycles. The van der Waals surface area contributed by atoms with Crippen LogP contribution in [-0.2, 0) is 16.0 Å². The van der Waals surface area contributed by atoms with E-state index < -0.39 is 28.5 Å². The number of rotatable bonds is 3. The molecular formula is C15H20BClN2O4S2. The number of amides is 1. The molecule has 0 saturated heterocycles. The first-order chi connectivity index (χ1) is 11.7. The monoisotopic (exact) mass is 402 g/mol. The van der Waals surface area contributed by atoms with Crippen molar-refractivity contribution in [3.63, 3.8) is 0 Å².